The number of rotatable bonds is 6. The van der Waals surface area contributed by atoms with E-state index in [1.807, 2.05) is 13.8 Å². The van der Waals surface area contributed by atoms with Crippen molar-refractivity contribution in [1.82, 2.24) is 10.6 Å². The van der Waals surface area contributed by atoms with Gasteiger partial charge in [-0.15, -0.1) is 0 Å². The minimum atomic E-state index is 0.0924. The summed E-state index contributed by atoms with van der Waals surface area (Å²) < 4.78 is 5.49. The van der Waals surface area contributed by atoms with Crippen molar-refractivity contribution in [2.45, 2.75) is 39.7 Å². The lowest BCUT2D eigenvalue weighted by molar-refractivity contribution is -0.120. The Morgan fingerprint density at radius 1 is 1.47 bits per heavy atom. The lowest BCUT2D eigenvalue weighted by Gasteiger charge is -2.12. The number of amides is 1. The summed E-state index contributed by atoms with van der Waals surface area (Å²) in [7, 11) is 1.66. The molecule has 1 aromatic rings. The number of carbonyl (C=O) groups excluding carboxylic acids is 1. The van der Waals surface area contributed by atoms with Gasteiger partial charge in [0.2, 0.25) is 5.91 Å². The topological polar surface area (TPSA) is 54.3 Å². The third-order valence-corrected chi connectivity index (χ3v) is 2.86. The quantitative estimate of drug-likeness (QED) is 0.746. The smallest absolute Gasteiger partial charge is 0.219 e. The van der Waals surface area contributed by atoms with Gasteiger partial charge in [-0.25, -0.2) is 0 Å². The van der Waals surface area contributed by atoms with E-state index < -0.39 is 0 Å². The zero-order valence-corrected chi connectivity index (χ0v) is 11.1. The Kier molecular flexibility index (Phi) is 5.22. The first kappa shape index (κ1) is 13.8. The van der Waals surface area contributed by atoms with Gasteiger partial charge in [-0.1, -0.05) is 0 Å². The Hall–Kier alpha value is -1.29. The molecule has 2 N–H and O–H groups in total. The van der Waals surface area contributed by atoms with Crippen LogP contribution in [0.3, 0.4) is 0 Å². The van der Waals surface area contributed by atoms with E-state index in [-0.39, 0.29) is 11.9 Å². The second-order valence-electron chi connectivity index (χ2n) is 4.32. The Balaban J connectivity index is 2.32. The molecular formula is C13H22N2O2. The second-order valence-corrected chi connectivity index (χ2v) is 4.32. The fourth-order valence-electron chi connectivity index (χ4n) is 1.88. The standard InChI is InChI=1S/C13H22N2O2/c1-9-8-12(11(3)17-9)10(2)15-7-5-6-13(16)14-4/h8,10,15H,5-7H2,1-4H3,(H,14,16). The summed E-state index contributed by atoms with van der Waals surface area (Å²) in [5.41, 5.74) is 1.20. The molecule has 0 aliphatic heterocycles. The Bertz CT molecular complexity index is 371. The van der Waals surface area contributed by atoms with Crippen LogP contribution in [0, 0.1) is 13.8 Å². The van der Waals surface area contributed by atoms with Gasteiger partial charge in [0.05, 0.1) is 0 Å². The number of hydrogen-bond donors (Lipinski definition) is 2. The molecule has 0 saturated heterocycles. The van der Waals surface area contributed by atoms with Gasteiger partial charge in [0, 0.05) is 25.1 Å². The van der Waals surface area contributed by atoms with Crippen molar-refractivity contribution >= 4 is 5.91 Å². The van der Waals surface area contributed by atoms with Crippen LogP contribution in [0.25, 0.3) is 0 Å². The van der Waals surface area contributed by atoms with E-state index in [1.54, 1.807) is 7.05 Å². The van der Waals surface area contributed by atoms with Crippen molar-refractivity contribution < 1.29 is 9.21 Å². The lowest BCUT2D eigenvalue weighted by Crippen LogP contribution is -2.23. The summed E-state index contributed by atoms with van der Waals surface area (Å²) >= 11 is 0. The SMILES string of the molecule is CNC(=O)CCCNC(C)c1cc(C)oc1C. The van der Waals surface area contributed by atoms with Crippen molar-refractivity contribution in [2.75, 3.05) is 13.6 Å². The van der Waals surface area contributed by atoms with Crippen molar-refractivity contribution in [1.29, 1.82) is 0 Å². The van der Waals surface area contributed by atoms with E-state index in [0.29, 0.717) is 6.42 Å². The minimum absolute atomic E-state index is 0.0924. The third kappa shape index (κ3) is 4.23. The summed E-state index contributed by atoms with van der Waals surface area (Å²) in [6, 6.07) is 2.32. The van der Waals surface area contributed by atoms with Gasteiger partial charge >= 0.3 is 0 Å². The first-order valence-electron chi connectivity index (χ1n) is 6.05. The van der Waals surface area contributed by atoms with Crippen LogP contribution < -0.4 is 10.6 Å². The Morgan fingerprint density at radius 3 is 2.71 bits per heavy atom. The molecule has 1 amide bonds. The van der Waals surface area contributed by atoms with Gasteiger partial charge in [0.25, 0.3) is 0 Å². The summed E-state index contributed by atoms with van der Waals surface area (Å²) in [5, 5.41) is 6.01. The van der Waals surface area contributed by atoms with E-state index in [1.165, 1.54) is 5.56 Å². The molecule has 1 heterocycles. The number of aryl methyl sites for hydroxylation is 2. The zero-order valence-electron chi connectivity index (χ0n) is 11.1. The second kappa shape index (κ2) is 6.45. The molecule has 0 bridgehead atoms. The van der Waals surface area contributed by atoms with E-state index in [0.717, 1.165) is 24.5 Å². The molecule has 0 saturated carbocycles. The molecule has 0 fully saturated rings. The molecule has 4 nitrogen and oxygen atoms in total. The maximum Gasteiger partial charge on any atom is 0.219 e. The van der Waals surface area contributed by atoms with Crippen LogP contribution in [-0.4, -0.2) is 19.5 Å². The van der Waals surface area contributed by atoms with E-state index in [9.17, 15) is 4.79 Å². The highest BCUT2D eigenvalue weighted by molar-refractivity contribution is 5.75. The summed E-state index contributed by atoms with van der Waals surface area (Å²) in [4.78, 5) is 11.0. The molecule has 1 atom stereocenters. The molecule has 1 rings (SSSR count). The normalized spacial score (nSPS) is 12.5. The highest BCUT2D eigenvalue weighted by Crippen LogP contribution is 2.20. The molecule has 17 heavy (non-hydrogen) atoms. The Labute approximate surface area is 103 Å². The first-order chi connectivity index (χ1) is 8.04. The van der Waals surface area contributed by atoms with Crippen LogP contribution in [0.15, 0.2) is 10.5 Å². The van der Waals surface area contributed by atoms with E-state index in [2.05, 4.69) is 23.6 Å². The minimum Gasteiger partial charge on any atom is -0.466 e. The molecule has 1 unspecified atom stereocenters. The van der Waals surface area contributed by atoms with Crippen molar-refractivity contribution in [3.63, 3.8) is 0 Å². The van der Waals surface area contributed by atoms with Crippen LogP contribution >= 0.6 is 0 Å². The number of furan rings is 1. The van der Waals surface area contributed by atoms with Crippen LogP contribution in [0.1, 0.15) is 42.9 Å². The maximum absolute atomic E-state index is 11.0. The van der Waals surface area contributed by atoms with Gasteiger partial charge in [0.1, 0.15) is 11.5 Å². The fraction of sp³-hybridized carbons (Fsp3) is 0.615. The number of carbonyl (C=O) groups is 1. The molecular weight excluding hydrogens is 216 g/mol. The van der Waals surface area contributed by atoms with Gasteiger partial charge in [-0.3, -0.25) is 4.79 Å². The molecule has 1 aromatic heterocycles. The average molecular weight is 238 g/mol. The monoisotopic (exact) mass is 238 g/mol. The predicted octanol–water partition coefficient (Wildman–Crippen LogP) is 2.07. The average Bonchev–Trinajstić information content (AvgIpc) is 2.63. The van der Waals surface area contributed by atoms with E-state index >= 15 is 0 Å². The fourth-order valence-corrected chi connectivity index (χ4v) is 1.88. The zero-order chi connectivity index (χ0) is 12.8. The lowest BCUT2D eigenvalue weighted by atomic mass is 10.1. The van der Waals surface area contributed by atoms with Crippen LogP contribution in [0.4, 0.5) is 0 Å². The third-order valence-electron chi connectivity index (χ3n) is 2.86. The molecule has 96 valence electrons. The first-order valence-corrected chi connectivity index (χ1v) is 6.05. The number of nitrogens with one attached hydrogen (secondary N) is 2. The summed E-state index contributed by atoms with van der Waals surface area (Å²) in [5.74, 6) is 2.00. The molecule has 0 aliphatic rings. The van der Waals surface area contributed by atoms with Crippen molar-refractivity contribution in [3.8, 4) is 0 Å². The molecule has 0 spiro atoms. The Morgan fingerprint density at radius 2 is 2.18 bits per heavy atom. The largest absolute Gasteiger partial charge is 0.466 e. The predicted molar refractivity (Wildman–Crippen MR) is 67.9 cm³/mol. The van der Waals surface area contributed by atoms with E-state index in [4.69, 9.17) is 4.42 Å². The van der Waals surface area contributed by atoms with Crippen LogP contribution in [-0.2, 0) is 4.79 Å². The molecule has 0 aliphatic carbocycles. The number of hydrogen-bond acceptors (Lipinski definition) is 3. The summed E-state index contributed by atoms with van der Waals surface area (Å²) in [6.45, 7) is 6.87. The molecule has 4 heteroatoms. The molecule has 0 radical (unpaired) electrons. The molecule has 0 aromatic carbocycles. The van der Waals surface area contributed by atoms with Gasteiger partial charge in [-0.2, -0.15) is 0 Å². The highest BCUT2D eigenvalue weighted by Gasteiger charge is 2.11. The van der Waals surface area contributed by atoms with Crippen LogP contribution in [0.2, 0.25) is 0 Å². The van der Waals surface area contributed by atoms with Gasteiger partial charge < -0.3 is 15.1 Å². The van der Waals surface area contributed by atoms with Gasteiger partial charge in [-0.05, 0) is 39.8 Å². The highest BCUT2D eigenvalue weighted by atomic mass is 16.3. The van der Waals surface area contributed by atoms with Crippen molar-refractivity contribution in [2.24, 2.45) is 0 Å². The van der Waals surface area contributed by atoms with Gasteiger partial charge in [0.15, 0.2) is 0 Å². The van der Waals surface area contributed by atoms with Crippen molar-refractivity contribution in [3.05, 3.63) is 23.2 Å². The maximum atomic E-state index is 11.0. The summed E-state index contributed by atoms with van der Waals surface area (Å²) in [6.07, 6.45) is 1.42. The van der Waals surface area contributed by atoms with Crippen LogP contribution in [0.5, 0.6) is 0 Å².